The number of nitrogens with one attached hydrogen (secondary N) is 1. The van der Waals surface area contributed by atoms with Gasteiger partial charge in [-0.05, 0) is 37.7 Å². The Labute approximate surface area is 102 Å². The van der Waals surface area contributed by atoms with Gasteiger partial charge in [-0.25, -0.2) is 0 Å². The van der Waals surface area contributed by atoms with Crippen LogP contribution < -0.4 is 5.32 Å². The molecule has 1 unspecified atom stereocenters. The van der Waals surface area contributed by atoms with Gasteiger partial charge in [-0.15, -0.1) is 0 Å². The summed E-state index contributed by atoms with van der Waals surface area (Å²) in [7, 11) is 0. The summed E-state index contributed by atoms with van der Waals surface area (Å²) in [6, 6.07) is 10.4. The van der Waals surface area contributed by atoms with Crippen molar-refractivity contribution in [3.63, 3.8) is 0 Å². The molecule has 1 aromatic carbocycles. The summed E-state index contributed by atoms with van der Waals surface area (Å²) < 4.78 is 0. The van der Waals surface area contributed by atoms with Crippen LogP contribution in [0.4, 0.5) is 0 Å². The molecule has 1 amide bonds. The van der Waals surface area contributed by atoms with E-state index in [1.165, 1.54) is 5.56 Å². The van der Waals surface area contributed by atoms with Crippen molar-refractivity contribution >= 4 is 5.91 Å². The molecule has 2 rings (SSSR count). The molecule has 0 spiro atoms. The lowest BCUT2D eigenvalue weighted by Gasteiger charge is -2.10. The largest absolute Gasteiger partial charge is 0.383 e. The van der Waals surface area contributed by atoms with E-state index in [0.717, 1.165) is 19.3 Å². The second-order valence-electron chi connectivity index (χ2n) is 4.49. The highest BCUT2D eigenvalue weighted by Crippen LogP contribution is 2.18. The minimum absolute atomic E-state index is 0.263. The van der Waals surface area contributed by atoms with Gasteiger partial charge in [0, 0.05) is 6.04 Å². The standard InChI is InChI=1S/C14H18NO2/c16-13(14(17)15-12-9-10-12)8-4-7-11-5-2-1-3-6-11/h1-3,5-6,8,12-13,16H,4,7,9-10H2,(H,15,17). The van der Waals surface area contributed by atoms with Crippen molar-refractivity contribution in [2.45, 2.75) is 37.8 Å². The lowest BCUT2D eigenvalue weighted by molar-refractivity contribution is -0.128. The normalized spacial score (nSPS) is 16.5. The zero-order chi connectivity index (χ0) is 12.1. The molecular weight excluding hydrogens is 214 g/mol. The van der Waals surface area contributed by atoms with Gasteiger partial charge in [0.15, 0.2) is 0 Å². The highest BCUT2D eigenvalue weighted by atomic mass is 16.3. The molecule has 3 nitrogen and oxygen atoms in total. The number of aliphatic hydroxyl groups is 1. The van der Waals surface area contributed by atoms with Gasteiger partial charge in [0.2, 0.25) is 5.91 Å². The van der Waals surface area contributed by atoms with Gasteiger partial charge in [0.25, 0.3) is 0 Å². The first-order valence-electron chi connectivity index (χ1n) is 6.11. The molecule has 0 aromatic heterocycles. The number of hydrogen-bond donors (Lipinski definition) is 2. The van der Waals surface area contributed by atoms with Crippen molar-refractivity contribution in [3.05, 3.63) is 42.3 Å². The zero-order valence-corrected chi connectivity index (χ0v) is 9.80. The molecule has 0 bridgehead atoms. The fourth-order valence-corrected chi connectivity index (χ4v) is 1.67. The molecule has 17 heavy (non-hydrogen) atoms. The number of carbonyl (C=O) groups is 1. The molecule has 1 saturated carbocycles. The third-order valence-corrected chi connectivity index (χ3v) is 2.86. The number of aliphatic hydroxyl groups excluding tert-OH is 1. The molecule has 0 aliphatic heterocycles. The highest BCUT2D eigenvalue weighted by molar-refractivity contribution is 5.82. The summed E-state index contributed by atoms with van der Waals surface area (Å²) in [5.74, 6) is -0.263. The quantitative estimate of drug-likeness (QED) is 0.780. The van der Waals surface area contributed by atoms with Crippen molar-refractivity contribution in [1.29, 1.82) is 0 Å². The number of hydrogen-bond acceptors (Lipinski definition) is 2. The van der Waals surface area contributed by atoms with Crippen LogP contribution >= 0.6 is 0 Å². The van der Waals surface area contributed by atoms with Gasteiger partial charge >= 0.3 is 0 Å². The zero-order valence-electron chi connectivity index (χ0n) is 9.80. The molecule has 1 aliphatic rings. The lowest BCUT2D eigenvalue weighted by atomic mass is 10.1. The first-order chi connectivity index (χ1) is 8.25. The number of aryl methyl sites for hydroxylation is 1. The van der Waals surface area contributed by atoms with E-state index >= 15 is 0 Å². The molecular formula is C14H18NO2. The first kappa shape index (κ1) is 12.1. The number of carbonyl (C=O) groups excluding carboxylic acids is 1. The Balaban J connectivity index is 1.65. The van der Waals surface area contributed by atoms with Crippen LogP contribution in [0.25, 0.3) is 0 Å². The van der Waals surface area contributed by atoms with Gasteiger partial charge in [-0.3, -0.25) is 4.79 Å². The van der Waals surface area contributed by atoms with Gasteiger partial charge in [-0.2, -0.15) is 0 Å². The van der Waals surface area contributed by atoms with Gasteiger partial charge in [-0.1, -0.05) is 30.3 Å². The number of amides is 1. The Morgan fingerprint density at radius 1 is 1.41 bits per heavy atom. The Bertz CT molecular complexity index is 360. The third-order valence-electron chi connectivity index (χ3n) is 2.86. The van der Waals surface area contributed by atoms with E-state index in [1.54, 1.807) is 6.42 Å². The third kappa shape index (κ3) is 4.19. The van der Waals surface area contributed by atoms with Crippen LogP contribution in [0.5, 0.6) is 0 Å². The predicted octanol–water partition coefficient (Wildman–Crippen LogP) is 1.46. The van der Waals surface area contributed by atoms with Crippen LogP contribution in [0.2, 0.25) is 0 Å². The highest BCUT2D eigenvalue weighted by Gasteiger charge is 2.26. The van der Waals surface area contributed by atoms with Crippen LogP contribution in [0.1, 0.15) is 24.8 Å². The van der Waals surface area contributed by atoms with Crippen molar-refractivity contribution < 1.29 is 9.90 Å². The maximum atomic E-state index is 11.4. The average molecular weight is 232 g/mol. The van der Waals surface area contributed by atoms with Crippen molar-refractivity contribution in [1.82, 2.24) is 5.32 Å². The van der Waals surface area contributed by atoms with Crippen LogP contribution in [0.15, 0.2) is 30.3 Å². The molecule has 3 heteroatoms. The predicted molar refractivity (Wildman–Crippen MR) is 66.2 cm³/mol. The van der Waals surface area contributed by atoms with Crippen LogP contribution in [0, 0.1) is 6.42 Å². The fraction of sp³-hybridized carbons (Fsp3) is 0.429. The van der Waals surface area contributed by atoms with E-state index < -0.39 is 6.10 Å². The summed E-state index contributed by atoms with van der Waals surface area (Å²) in [6.07, 6.45) is 4.35. The molecule has 2 N–H and O–H groups in total. The maximum absolute atomic E-state index is 11.4. The Kier molecular flexibility index (Phi) is 4.15. The topological polar surface area (TPSA) is 49.3 Å². The minimum atomic E-state index is -0.973. The van der Waals surface area contributed by atoms with Gasteiger partial charge in [0.1, 0.15) is 6.10 Å². The van der Waals surface area contributed by atoms with E-state index in [4.69, 9.17) is 0 Å². The molecule has 1 fully saturated rings. The van der Waals surface area contributed by atoms with E-state index in [1.807, 2.05) is 30.3 Å². The fourth-order valence-electron chi connectivity index (χ4n) is 1.67. The summed E-state index contributed by atoms with van der Waals surface area (Å²) in [5.41, 5.74) is 1.22. The molecule has 0 saturated heterocycles. The van der Waals surface area contributed by atoms with E-state index in [-0.39, 0.29) is 5.91 Å². The van der Waals surface area contributed by atoms with Crippen molar-refractivity contribution in [2.24, 2.45) is 0 Å². The number of rotatable bonds is 6. The van der Waals surface area contributed by atoms with Crippen molar-refractivity contribution in [3.8, 4) is 0 Å². The van der Waals surface area contributed by atoms with Gasteiger partial charge < -0.3 is 10.4 Å². The summed E-state index contributed by atoms with van der Waals surface area (Å²) >= 11 is 0. The Morgan fingerprint density at radius 3 is 2.76 bits per heavy atom. The molecule has 1 aromatic rings. The minimum Gasteiger partial charge on any atom is -0.383 e. The molecule has 1 atom stereocenters. The van der Waals surface area contributed by atoms with Crippen LogP contribution in [-0.4, -0.2) is 23.2 Å². The van der Waals surface area contributed by atoms with Crippen LogP contribution in [-0.2, 0) is 11.2 Å². The SMILES string of the molecule is O=C(NC1CC1)C(O)[CH]CCc1ccccc1. The average Bonchev–Trinajstić information content (AvgIpc) is 3.14. The first-order valence-corrected chi connectivity index (χ1v) is 6.11. The second kappa shape index (κ2) is 5.82. The molecule has 1 radical (unpaired) electrons. The number of benzene rings is 1. The lowest BCUT2D eigenvalue weighted by Crippen LogP contribution is -2.36. The molecule has 91 valence electrons. The van der Waals surface area contributed by atoms with Gasteiger partial charge in [0.05, 0.1) is 0 Å². The molecule has 1 aliphatic carbocycles. The van der Waals surface area contributed by atoms with E-state index in [2.05, 4.69) is 5.32 Å². The van der Waals surface area contributed by atoms with E-state index in [0.29, 0.717) is 12.5 Å². The smallest absolute Gasteiger partial charge is 0.249 e. The molecule has 0 heterocycles. The Hall–Kier alpha value is -1.35. The summed E-state index contributed by atoms with van der Waals surface area (Å²) in [6.45, 7) is 0. The summed E-state index contributed by atoms with van der Waals surface area (Å²) in [4.78, 5) is 11.4. The monoisotopic (exact) mass is 232 g/mol. The Morgan fingerprint density at radius 2 is 2.12 bits per heavy atom. The second-order valence-corrected chi connectivity index (χ2v) is 4.49. The maximum Gasteiger partial charge on any atom is 0.249 e. The summed E-state index contributed by atoms with van der Waals surface area (Å²) in [5, 5.41) is 12.4. The van der Waals surface area contributed by atoms with Crippen molar-refractivity contribution in [2.75, 3.05) is 0 Å². The van der Waals surface area contributed by atoms with Crippen LogP contribution in [0.3, 0.4) is 0 Å². The van der Waals surface area contributed by atoms with E-state index in [9.17, 15) is 9.90 Å².